The number of aromatic amines is 1. The molecule has 0 radical (unpaired) electrons. The topological polar surface area (TPSA) is 166 Å². The van der Waals surface area contributed by atoms with Gasteiger partial charge in [-0.1, -0.05) is 52.8 Å². The Kier molecular flexibility index (Phi) is 5.93. The van der Waals surface area contributed by atoms with Gasteiger partial charge in [0.15, 0.2) is 10.9 Å². The standard InChI is InChI=1S/C20H15ClN10O2S/c21-12-7-5-11(6-8-12)9-23-27-19(32)16-15(31(30-26-16)18-17(22)28-33-29-18)10-34-20-24-13-3-1-2-4-14(13)25-20/h1-9H,10H2,(H2,22,28)(H,24,25)(H,27,32). The summed E-state index contributed by atoms with van der Waals surface area (Å²) in [6.07, 6.45) is 1.49. The summed E-state index contributed by atoms with van der Waals surface area (Å²) in [6, 6.07) is 14.6. The summed E-state index contributed by atoms with van der Waals surface area (Å²) >= 11 is 7.24. The van der Waals surface area contributed by atoms with E-state index in [-0.39, 0.29) is 23.1 Å². The van der Waals surface area contributed by atoms with E-state index >= 15 is 0 Å². The van der Waals surface area contributed by atoms with Crippen molar-refractivity contribution in [2.75, 3.05) is 5.73 Å². The van der Waals surface area contributed by atoms with Crippen LogP contribution in [0.15, 0.2) is 63.4 Å². The number of fused-ring (bicyclic) bond motifs is 1. The van der Waals surface area contributed by atoms with Crippen LogP contribution in [0.2, 0.25) is 5.02 Å². The number of anilines is 1. The van der Waals surface area contributed by atoms with Crippen molar-refractivity contribution in [1.29, 1.82) is 0 Å². The van der Waals surface area contributed by atoms with Gasteiger partial charge in [-0.15, -0.1) is 5.10 Å². The molecule has 0 aliphatic heterocycles. The predicted octanol–water partition coefficient (Wildman–Crippen LogP) is 2.82. The summed E-state index contributed by atoms with van der Waals surface area (Å²) in [5.41, 5.74) is 11.2. The Bertz CT molecular complexity index is 1460. The summed E-state index contributed by atoms with van der Waals surface area (Å²) in [5, 5.41) is 20.6. The molecule has 0 spiro atoms. The number of hydrogen-bond acceptors (Lipinski definition) is 10. The number of H-pyrrole nitrogens is 1. The SMILES string of the molecule is Nc1nonc1-n1nnc(C(=O)NN=Cc2ccc(Cl)cc2)c1CSc1nc2ccccc2[nH]1. The summed E-state index contributed by atoms with van der Waals surface area (Å²) < 4.78 is 5.98. The molecule has 14 heteroatoms. The fourth-order valence-corrected chi connectivity index (χ4v) is 4.02. The zero-order valence-electron chi connectivity index (χ0n) is 17.2. The molecule has 4 N–H and O–H groups in total. The first-order valence-corrected chi connectivity index (χ1v) is 11.1. The first kappa shape index (κ1) is 21.6. The highest BCUT2D eigenvalue weighted by atomic mass is 35.5. The van der Waals surface area contributed by atoms with E-state index in [9.17, 15) is 4.79 Å². The largest absolute Gasteiger partial charge is 0.378 e. The molecule has 5 aromatic rings. The number of carbonyl (C=O) groups is 1. The fraction of sp³-hybridized carbons (Fsp3) is 0.0500. The number of halogens is 1. The number of nitrogens with zero attached hydrogens (tertiary/aromatic N) is 7. The molecule has 3 heterocycles. The lowest BCUT2D eigenvalue weighted by molar-refractivity contribution is 0.0949. The van der Waals surface area contributed by atoms with Crippen molar-refractivity contribution in [3.8, 4) is 5.82 Å². The van der Waals surface area contributed by atoms with Gasteiger partial charge in [-0.2, -0.15) is 9.78 Å². The van der Waals surface area contributed by atoms with Crippen LogP contribution in [-0.2, 0) is 5.75 Å². The number of carbonyl (C=O) groups excluding carboxylic acids is 1. The number of nitrogens with two attached hydrogens (primary N) is 1. The van der Waals surface area contributed by atoms with Crippen molar-refractivity contribution < 1.29 is 9.42 Å². The Balaban J connectivity index is 1.39. The number of imidazole rings is 1. The highest BCUT2D eigenvalue weighted by Gasteiger charge is 2.24. The first-order valence-electron chi connectivity index (χ1n) is 9.78. The highest BCUT2D eigenvalue weighted by Crippen LogP contribution is 2.26. The smallest absolute Gasteiger partial charge is 0.293 e. The van der Waals surface area contributed by atoms with Crippen molar-refractivity contribution in [2.45, 2.75) is 10.9 Å². The van der Waals surface area contributed by atoms with Gasteiger partial charge in [-0.25, -0.2) is 15.0 Å². The molecule has 34 heavy (non-hydrogen) atoms. The normalized spacial score (nSPS) is 11.4. The summed E-state index contributed by atoms with van der Waals surface area (Å²) in [4.78, 5) is 20.6. The second-order valence-corrected chi connectivity index (χ2v) is 8.27. The Hall–Kier alpha value is -4.23. The lowest BCUT2D eigenvalue weighted by Crippen LogP contribution is -2.20. The molecular weight excluding hydrogens is 480 g/mol. The molecule has 0 fully saturated rings. The molecule has 12 nitrogen and oxygen atoms in total. The van der Waals surface area contributed by atoms with Crippen molar-refractivity contribution in [2.24, 2.45) is 5.10 Å². The maximum absolute atomic E-state index is 12.8. The number of hydrogen-bond donors (Lipinski definition) is 3. The van der Waals surface area contributed by atoms with Crippen molar-refractivity contribution in [3.63, 3.8) is 0 Å². The van der Waals surface area contributed by atoms with Crippen LogP contribution in [-0.4, -0.2) is 47.4 Å². The zero-order chi connectivity index (χ0) is 23.5. The number of amides is 1. The quantitative estimate of drug-likeness (QED) is 0.175. The third-order valence-corrected chi connectivity index (χ3v) is 5.77. The van der Waals surface area contributed by atoms with Crippen LogP contribution in [0.1, 0.15) is 21.7 Å². The van der Waals surface area contributed by atoms with Crippen LogP contribution in [0, 0.1) is 0 Å². The Morgan fingerprint density at radius 1 is 1.24 bits per heavy atom. The van der Waals surface area contributed by atoms with Crippen LogP contribution in [0.4, 0.5) is 5.82 Å². The van der Waals surface area contributed by atoms with Crippen LogP contribution in [0.5, 0.6) is 0 Å². The minimum atomic E-state index is -0.563. The maximum Gasteiger partial charge on any atom is 0.293 e. The number of aromatic nitrogens is 7. The summed E-state index contributed by atoms with van der Waals surface area (Å²) in [7, 11) is 0. The number of hydrazone groups is 1. The number of para-hydroxylation sites is 2. The van der Waals surface area contributed by atoms with Gasteiger partial charge in [0.2, 0.25) is 11.6 Å². The van der Waals surface area contributed by atoms with E-state index in [1.54, 1.807) is 24.3 Å². The molecule has 0 unspecified atom stereocenters. The third-order valence-electron chi connectivity index (χ3n) is 4.64. The van der Waals surface area contributed by atoms with Gasteiger partial charge in [-0.05, 0) is 40.1 Å². The molecule has 170 valence electrons. The lowest BCUT2D eigenvalue weighted by Gasteiger charge is -2.04. The minimum absolute atomic E-state index is 0.00704. The second kappa shape index (κ2) is 9.33. The molecule has 3 aromatic heterocycles. The van der Waals surface area contributed by atoms with E-state index in [1.807, 2.05) is 24.3 Å². The van der Waals surface area contributed by atoms with E-state index in [2.05, 4.69) is 45.7 Å². The fourth-order valence-electron chi connectivity index (χ4n) is 3.02. The number of nitrogen functional groups attached to an aromatic ring is 1. The van der Waals surface area contributed by atoms with E-state index in [1.165, 1.54) is 22.7 Å². The van der Waals surface area contributed by atoms with E-state index in [0.29, 0.717) is 15.9 Å². The van der Waals surface area contributed by atoms with Gasteiger partial charge in [0.1, 0.15) is 0 Å². The molecule has 5 rings (SSSR count). The van der Waals surface area contributed by atoms with E-state index < -0.39 is 5.91 Å². The van der Waals surface area contributed by atoms with Crippen LogP contribution in [0.25, 0.3) is 16.9 Å². The maximum atomic E-state index is 12.8. The van der Waals surface area contributed by atoms with Crippen LogP contribution < -0.4 is 11.2 Å². The van der Waals surface area contributed by atoms with Gasteiger partial charge in [0, 0.05) is 10.8 Å². The third kappa shape index (κ3) is 4.46. The molecule has 0 saturated carbocycles. The average Bonchev–Trinajstić information content (AvgIpc) is 3.56. The monoisotopic (exact) mass is 494 g/mol. The minimum Gasteiger partial charge on any atom is -0.378 e. The molecule has 0 atom stereocenters. The number of rotatable bonds is 7. The molecular formula is C20H15ClN10O2S. The van der Waals surface area contributed by atoms with E-state index in [4.69, 9.17) is 17.3 Å². The van der Waals surface area contributed by atoms with Crippen molar-refractivity contribution in [3.05, 3.63) is 70.5 Å². The van der Waals surface area contributed by atoms with Crippen molar-refractivity contribution >= 4 is 52.3 Å². The Morgan fingerprint density at radius 2 is 2.06 bits per heavy atom. The average molecular weight is 495 g/mol. The molecule has 0 saturated heterocycles. The van der Waals surface area contributed by atoms with Crippen molar-refractivity contribution in [1.82, 2.24) is 40.7 Å². The second-order valence-electron chi connectivity index (χ2n) is 6.87. The summed E-state index contributed by atoms with van der Waals surface area (Å²) in [6.45, 7) is 0. The highest BCUT2D eigenvalue weighted by molar-refractivity contribution is 7.98. The first-order chi connectivity index (χ1) is 16.6. The van der Waals surface area contributed by atoms with Crippen LogP contribution >= 0.6 is 23.4 Å². The molecule has 0 aliphatic carbocycles. The Labute approximate surface area is 200 Å². The predicted molar refractivity (Wildman–Crippen MR) is 126 cm³/mol. The van der Waals surface area contributed by atoms with Crippen LogP contribution in [0.3, 0.4) is 0 Å². The lowest BCUT2D eigenvalue weighted by atomic mass is 10.2. The summed E-state index contributed by atoms with van der Waals surface area (Å²) in [5.74, 6) is -0.168. The number of benzene rings is 2. The van der Waals surface area contributed by atoms with Gasteiger partial charge in [0.25, 0.3) is 5.91 Å². The molecule has 1 amide bonds. The molecule has 2 aromatic carbocycles. The molecule has 0 bridgehead atoms. The Morgan fingerprint density at radius 3 is 2.82 bits per heavy atom. The van der Waals surface area contributed by atoms with Gasteiger partial charge < -0.3 is 10.7 Å². The zero-order valence-corrected chi connectivity index (χ0v) is 18.8. The molecule has 0 aliphatic rings. The van der Waals surface area contributed by atoms with E-state index in [0.717, 1.165) is 16.6 Å². The number of thioether (sulfide) groups is 1. The number of nitrogens with one attached hydrogen (secondary N) is 2. The van der Waals surface area contributed by atoms with Gasteiger partial charge in [0.05, 0.1) is 22.9 Å². The van der Waals surface area contributed by atoms with Gasteiger partial charge >= 0.3 is 0 Å². The van der Waals surface area contributed by atoms with Gasteiger partial charge in [-0.3, -0.25) is 4.79 Å².